The third-order valence-electron chi connectivity index (χ3n) is 3.81. The smallest absolute Gasteiger partial charge is 0.197 e. The molecule has 1 unspecified atom stereocenters. The zero-order valence-corrected chi connectivity index (χ0v) is 11.1. The summed E-state index contributed by atoms with van der Waals surface area (Å²) in [4.78, 5) is 8.13. The van der Waals surface area contributed by atoms with Gasteiger partial charge in [-0.3, -0.25) is 4.57 Å². The van der Waals surface area contributed by atoms with Gasteiger partial charge in [-0.15, -0.1) is 0 Å². The van der Waals surface area contributed by atoms with Gasteiger partial charge < -0.3 is 36.8 Å². The van der Waals surface area contributed by atoms with Crippen molar-refractivity contribution in [1.82, 2.24) is 14.9 Å². The van der Waals surface area contributed by atoms with Crippen molar-refractivity contribution >= 4 is 11.8 Å². The highest BCUT2D eigenvalue weighted by Crippen LogP contribution is 2.38. The topological polar surface area (TPSA) is 164 Å². The summed E-state index contributed by atoms with van der Waals surface area (Å²) < 4.78 is 7.12. The summed E-state index contributed by atoms with van der Waals surface area (Å²) in [6.07, 6.45) is -1.96. The lowest BCUT2D eigenvalue weighted by atomic mass is 9.98. The molecular formula is C11H18N6O4. The van der Waals surface area contributed by atoms with Gasteiger partial charge in [0.05, 0.1) is 19.0 Å². The van der Waals surface area contributed by atoms with E-state index in [0.717, 1.165) is 0 Å². The van der Waals surface area contributed by atoms with Gasteiger partial charge in [0.1, 0.15) is 11.8 Å². The van der Waals surface area contributed by atoms with Gasteiger partial charge in [0.15, 0.2) is 24.2 Å². The lowest BCUT2D eigenvalue weighted by molar-refractivity contribution is -0.0503. The molecule has 1 saturated heterocycles. The van der Waals surface area contributed by atoms with Crippen LogP contribution in [0.1, 0.15) is 18.1 Å². The molecule has 0 amide bonds. The lowest BCUT2D eigenvalue weighted by Gasteiger charge is -2.22. The van der Waals surface area contributed by atoms with E-state index in [0.29, 0.717) is 5.82 Å². The Kier molecular flexibility index (Phi) is 3.55. The summed E-state index contributed by atoms with van der Waals surface area (Å²) in [5, 5.41) is 32.0. The molecule has 8 N–H and O–H groups in total. The largest absolute Gasteiger partial charge is 0.394 e. The van der Waals surface area contributed by atoms with Gasteiger partial charge in [-0.25, -0.2) is 4.98 Å². The fourth-order valence-electron chi connectivity index (χ4n) is 2.71. The van der Waals surface area contributed by atoms with Gasteiger partial charge in [-0.1, -0.05) is 0 Å². The monoisotopic (exact) mass is 298 g/mol. The van der Waals surface area contributed by atoms with Crippen LogP contribution in [0, 0.1) is 5.92 Å². The molecular weight excluding hydrogens is 280 g/mol. The van der Waals surface area contributed by atoms with Crippen LogP contribution < -0.4 is 16.8 Å². The molecule has 2 aliphatic heterocycles. The predicted molar refractivity (Wildman–Crippen MR) is 71.2 cm³/mol. The Labute approximate surface area is 120 Å². The SMILES string of the molecule is NC[C@H]1[C@@H](O)[C@H](n2cnc3c2N=C(N)NC3O)O[C@@H]1CO. The van der Waals surface area contributed by atoms with Crippen molar-refractivity contribution in [2.24, 2.45) is 22.4 Å². The van der Waals surface area contributed by atoms with Crippen molar-refractivity contribution in [3.8, 4) is 0 Å². The summed E-state index contributed by atoms with van der Waals surface area (Å²) in [5.74, 6) is -0.0542. The molecule has 3 rings (SSSR count). The Morgan fingerprint density at radius 3 is 2.81 bits per heavy atom. The summed E-state index contributed by atoms with van der Waals surface area (Å²) in [6.45, 7) is -0.0722. The van der Waals surface area contributed by atoms with Crippen molar-refractivity contribution < 1.29 is 20.1 Å². The zero-order valence-electron chi connectivity index (χ0n) is 11.1. The molecule has 3 heterocycles. The number of aliphatic hydroxyl groups excluding tert-OH is 3. The van der Waals surface area contributed by atoms with Crippen molar-refractivity contribution in [3.63, 3.8) is 0 Å². The van der Waals surface area contributed by atoms with Crippen molar-refractivity contribution in [3.05, 3.63) is 12.0 Å². The van der Waals surface area contributed by atoms with E-state index in [2.05, 4.69) is 15.3 Å². The number of hydrogen-bond donors (Lipinski definition) is 6. The average Bonchev–Trinajstić information content (AvgIpc) is 2.99. The van der Waals surface area contributed by atoms with Crippen LogP contribution in [0.15, 0.2) is 11.3 Å². The standard InChI is InChI=1S/C11H18N6O4/c12-1-4-5(2-18)21-10(7(4)19)17-3-14-6-8(17)15-11(13)16-9(6)20/h3-5,7,9-10,18-20H,1-2,12H2,(H3,13,15,16)/t4-,5-,7-,9?,10-/m1/s1. The Bertz CT molecular complexity index is 561. The summed E-state index contributed by atoms with van der Waals surface area (Å²) >= 11 is 0. The number of aromatic nitrogens is 2. The summed E-state index contributed by atoms with van der Waals surface area (Å²) in [6, 6.07) is 0. The number of nitrogens with two attached hydrogens (primary N) is 2. The number of aliphatic hydroxyl groups is 3. The van der Waals surface area contributed by atoms with E-state index in [4.69, 9.17) is 16.2 Å². The second-order valence-electron chi connectivity index (χ2n) is 5.04. The van der Waals surface area contributed by atoms with Crippen LogP contribution in [0.4, 0.5) is 5.82 Å². The number of imidazole rings is 1. The Morgan fingerprint density at radius 2 is 2.19 bits per heavy atom. The van der Waals surface area contributed by atoms with Crippen LogP contribution in [-0.4, -0.2) is 56.2 Å². The van der Waals surface area contributed by atoms with Gasteiger partial charge in [0.2, 0.25) is 0 Å². The van der Waals surface area contributed by atoms with Gasteiger partial charge in [-0.2, -0.15) is 4.99 Å². The van der Waals surface area contributed by atoms with E-state index < -0.39 is 30.6 Å². The minimum atomic E-state index is -1.07. The van der Waals surface area contributed by atoms with Gasteiger partial charge in [0.25, 0.3) is 0 Å². The first-order chi connectivity index (χ1) is 10.1. The maximum Gasteiger partial charge on any atom is 0.197 e. The normalized spacial score (nSPS) is 35.2. The number of guanidine groups is 1. The van der Waals surface area contributed by atoms with Crippen LogP contribution in [0.2, 0.25) is 0 Å². The molecule has 0 saturated carbocycles. The van der Waals surface area contributed by atoms with Crippen LogP contribution in [0.3, 0.4) is 0 Å². The maximum atomic E-state index is 10.3. The van der Waals surface area contributed by atoms with E-state index in [9.17, 15) is 15.3 Å². The number of rotatable bonds is 3. The first-order valence-corrected chi connectivity index (χ1v) is 6.56. The molecule has 10 heteroatoms. The van der Waals surface area contributed by atoms with Crippen molar-refractivity contribution in [2.45, 2.75) is 24.7 Å². The third kappa shape index (κ3) is 2.17. The van der Waals surface area contributed by atoms with Crippen LogP contribution in [0.25, 0.3) is 0 Å². The highest BCUT2D eigenvalue weighted by molar-refractivity contribution is 5.82. The predicted octanol–water partition coefficient (Wildman–Crippen LogP) is -2.75. The molecule has 0 spiro atoms. The van der Waals surface area contributed by atoms with E-state index >= 15 is 0 Å². The van der Waals surface area contributed by atoms with Gasteiger partial charge in [-0.05, 0) is 0 Å². The van der Waals surface area contributed by atoms with E-state index in [-0.39, 0.29) is 24.8 Å². The van der Waals surface area contributed by atoms with Crippen LogP contribution >= 0.6 is 0 Å². The minimum absolute atomic E-state index is 0.0401. The molecule has 0 aromatic carbocycles. The third-order valence-corrected chi connectivity index (χ3v) is 3.81. The molecule has 0 radical (unpaired) electrons. The van der Waals surface area contributed by atoms with E-state index in [1.54, 1.807) is 0 Å². The quantitative estimate of drug-likeness (QED) is 0.349. The fraction of sp³-hybridized carbons (Fsp3) is 0.636. The van der Waals surface area contributed by atoms with E-state index in [1.165, 1.54) is 10.9 Å². The second kappa shape index (κ2) is 5.24. The van der Waals surface area contributed by atoms with Crippen LogP contribution in [-0.2, 0) is 4.74 Å². The number of nitrogens with zero attached hydrogens (tertiary/aromatic N) is 3. The molecule has 0 bridgehead atoms. The Balaban J connectivity index is 1.96. The molecule has 0 aliphatic carbocycles. The van der Waals surface area contributed by atoms with Gasteiger partial charge >= 0.3 is 0 Å². The van der Waals surface area contributed by atoms with Crippen molar-refractivity contribution in [1.29, 1.82) is 0 Å². The van der Waals surface area contributed by atoms with Gasteiger partial charge in [0, 0.05) is 12.5 Å². The van der Waals surface area contributed by atoms with Crippen LogP contribution in [0.5, 0.6) is 0 Å². The highest BCUT2D eigenvalue weighted by atomic mass is 16.5. The molecule has 1 aromatic rings. The molecule has 21 heavy (non-hydrogen) atoms. The Hall–Kier alpha value is -1.72. The second-order valence-corrected chi connectivity index (χ2v) is 5.04. The number of hydrogen-bond acceptors (Lipinski definition) is 9. The summed E-state index contributed by atoms with van der Waals surface area (Å²) in [7, 11) is 0. The first kappa shape index (κ1) is 14.2. The Morgan fingerprint density at radius 1 is 1.43 bits per heavy atom. The minimum Gasteiger partial charge on any atom is -0.394 e. The zero-order chi connectivity index (χ0) is 15.1. The number of aliphatic imine (C=N–C) groups is 1. The molecule has 1 aromatic heterocycles. The number of nitrogens with one attached hydrogen (secondary N) is 1. The first-order valence-electron chi connectivity index (χ1n) is 6.56. The molecule has 5 atom stereocenters. The van der Waals surface area contributed by atoms with Crippen molar-refractivity contribution in [2.75, 3.05) is 13.2 Å². The maximum absolute atomic E-state index is 10.3. The summed E-state index contributed by atoms with van der Waals surface area (Å²) in [5.41, 5.74) is 11.5. The fourth-order valence-corrected chi connectivity index (χ4v) is 2.71. The highest BCUT2D eigenvalue weighted by Gasteiger charge is 2.44. The van der Waals surface area contributed by atoms with E-state index in [1.807, 2.05) is 0 Å². The average molecular weight is 298 g/mol. The molecule has 116 valence electrons. The lowest BCUT2D eigenvalue weighted by Crippen LogP contribution is -2.37. The molecule has 2 aliphatic rings. The molecule has 10 nitrogen and oxygen atoms in total. The number of ether oxygens (including phenoxy) is 1. The number of fused-ring (bicyclic) bond motifs is 1. The molecule has 1 fully saturated rings.